The van der Waals surface area contributed by atoms with Crippen LogP contribution in [0.1, 0.15) is 11.5 Å². The van der Waals surface area contributed by atoms with Crippen molar-refractivity contribution in [1.82, 2.24) is 15.1 Å². The number of benzene rings is 1. The molecule has 0 aliphatic carbocycles. The van der Waals surface area contributed by atoms with Gasteiger partial charge in [0.1, 0.15) is 0 Å². The minimum atomic E-state index is 0.534. The van der Waals surface area contributed by atoms with E-state index in [-0.39, 0.29) is 0 Å². The van der Waals surface area contributed by atoms with Gasteiger partial charge in [-0.2, -0.15) is 4.98 Å². The largest absolute Gasteiger partial charge is 0.379 e. The van der Waals surface area contributed by atoms with E-state index >= 15 is 0 Å². The van der Waals surface area contributed by atoms with Crippen LogP contribution in [0.4, 0.5) is 5.69 Å². The third kappa shape index (κ3) is 2.49. The predicted molar refractivity (Wildman–Crippen MR) is 72.6 cm³/mol. The van der Waals surface area contributed by atoms with Crippen molar-refractivity contribution in [2.45, 2.75) is 13.5 Å². The molecule has 0 unspecified atom stereocenters. The Kier molecular flexibility index (Phi) is 3.02. The van der Waals surface area contributed by atoms with E-state index in [1.807, 2.05) is 49.5 Å². The molecule has 96 valence electrons. The first-order valence-electron chi connectivity index (χ1n) is 6.09. The van der Waals surface area contributed by atoms with E-state index in [0.717, 1.165) is 23.5 Å². The Bertz CT molecular complexity index is 658. The smallest absolute Gasteiger partial charge is 0.260 e. The number of H-pyrrole nitrogens is 1. The lowest BCUT2D eigenvalue weighted by Crippen LogP contribution is -2.01. The summed E-state index contributed by atoms with van der Waals surface area (Å²) < 4.78 is 5.22. The number of aromatic amines is 1. The van der Waals surface area contributed by atoms with Crippen LogP contribution >= 0.6 is 0 Å². The summed E-state index contributed by atoms with van der Waals surface area (Å²) in [4.78, 5) is 7.42. The van der Waals surface area contributed by atoms with E-state index in [9.17, 15) is 0 Å². The number of hydrogen-bond acceptors (Lipinski definition) is 4. The predicted octanol–water partition coefficient (Wildman–Crippen LogP) is 2.99. The Morgan fingerprint density at radius 3 is 2.84 bits per heavy atom. The van der Waals surface area contributed by atoms with Gasteiger partial charge in [-0.1, -0.05) is 17.3 Å². The van der Waals surface area contributed by atoms with Gasteiger partial charge in [0.2, 0.25) is 0 Å². The van der Waals surface area contributed by atoms with Gasteiger partial charge in [-0.15, -0.1) is 0 Å². The fraction of sp³-hybridized carbons (Fsp3) is 0.143. The standard InChI is InChI=1S/C14H14N4O/c1-10-17-14(19-18-10)12-6-2-3-7-13(12)16-9-11-5-4-8-15-11/h2-8,15-16H,9H2,1H3. The Labute approximate surface area is 110 Å². The highest BCUT2D eigenvalue weighted by molar-refractivity contribution is 5.72. The second-order valence-corrected chi connectivity index (χ2v) is 4.24. The second-order valence-electron chi connectivity index (χ2n) is 4.24. The summed E-state index contributed by atoms with van der Waals surface area (Å²) in [5.41, 5.74) is 3.01. The molecule has 0 saturated carbocycles. The Morgan fingerprint density at radius 2 is 2.11 bits per heavy atom. The summed E-state index contributed by atoms with van der Waals surface area (Å²) in [5, 5.41) is 7.19. The summed E-state index contributed by atoms with van der Waals surface area (Å²) in [6.45, 7) is 2.53. The minimum absolute atomic E-state index is 0.534. The monoisotopic (exact) mass is 254 g/mol. The number of rotatable bonds is 4. The van der Waals surface area contributed by atoms with Crippen LogP contribution in [0.5, 0.6) is 0 Å². The SMILES string of the molecule is Cc1noc(-c2ccccc2NCc2ccc[nH]2)n1. The Hall–Kier alpha value is -2.56. The molecule has 3 aromatic rings. The number of aromatic nitrogens is 3. The molecule has 2 N–H and O–H groups in total. The van der Waals surface area contributed by atoms with Crippen molar-refractivity contribution in [1.29, 1.82) is 0 Å². The molecule has 0 radical (unpaired) electrons. The van der Waals surface area contributed by atoms with Crippen molar-refractivity contribution in [3.05, 3.63) is 54.1 Å². The van der Waals surface area contributed by atoms with E-state index in [2.05, 4.69) is 20.4 Å². The summed E-state index contributed by atoms with van der Waals surface area (Å²) in [6, 6.07) is 11.9. The molecular formula is C14H14N4O. The third-order valence-corrected chi connectivity index (χ3v) is 2.82. The van der Waals surface area contributed by atoms with E-state index in [4.69, 9.17) is 4.52 Å². The summed E-state index contributed by atoms with van der Waals surface area (Å²) >= 11 is 0. The average Bonchev–Trinajstić information content (AvgIpc) is 3.08. The topological polar surface area (TPSA) is 66.7 Å². The van der Waals surface area contributed by atoms with Crippen LogP contribution in [0.2, 0.25) is 0 Å². The van der Waals surface area contributed by atoms with Crippen molar-refractivity contribution < 1.29 is 4.52 Å². The maximum Gasteiger partial charge on any atom is 0.260 e. The molecule has 0 atom stereocenters. The summed E-state index contributed by atoms with van der Waals surface area (Å²) in [5.74, 6) is 1.17. The molecule has 5 nitrogen and oxygen atoms in total. The number of para-hydroxylation sites is 1. The van der Waals surface area contributed by atoms with Gasteiger partial charge in [-0.3, -0.25) is 0 Å². The molecule has 0 aliphatic rings. The maximum absolute atomic E-state index is 5.22. The molecule has 2 heterocycles. The lowest BCUT2D eigenvalue weighted by molar-refractivity contribution is 0.426. The van der Waals surface area contributed by atoms with Crippen LogP contribution in [-0.2, 0) is 6.54 Å². The first kappa shape index (κ1) is 11.5. The molecule has 1 aromatic carbocycles. The first-order chi connectivity index (χ1) is 9.33. The minimum Gasteiger partial charge on any atom is -0.379 e. The highest BCUT2D eigenvalue weighted by Crippen LogP contribution is 2.26. The lowest BCUT2D eigenvalue weighted by Gasteiger charge is -2.08. The molecule has 0 aliphatic heterocycles. The molecule has 19 heavy (non-hydrogen) atoms. The quantitative estimate of drug-likeness (QED) is 0.751. The van der Waals surface area contributed by atoms with Gasteiger partial charge in [0.05, 0.1) is 12.1 Å². The zero-order valence-electron chi connectivity index (χ0n) is 10.6. The fourth-order valence-corrected chi connectivity index (χ4v) is 1.90. The number of nitrogens with zero attached hydrogens (tertiary/aromatic N) is 2. The molecule has 3 rings (SSSR count). The zero-order valence-corrected chi connectivity index (χ0v) is 10.6. The van der Waals surface area contributed by atoms with Gasteiger partial charge in [0.25, 0.3) is 5.89 Å². The number of aryl methyl sites for hydroxylation is 1. The lowest BCUT2D eigenvalue weighted by atomic mass is 10.1. The van der Waals surface area contributed by atoms with Crippen LogP contribution in [0.25, 0.3) is 11.5 Å². The normalized spacial score (nSPS) is 10.6. The van der Waals surface area contributed by atoms with Crippen LogP contribution in [0, 0.1) is 6.92 Å². The third-order valence-electron chi connectivity index (χ3n) is 2.82. The van der Waals surface area contributed by atoms with Crippen molar-refractivity contribution in [2.24, 2.45) is 0 Å². The van der Waals surface area contributed by atoms with Gasteiger partial charge in [0, 0.05) is 17.6 Å². The molecule has 0 amide bonds. The average molecular weight is 254 g/mol. The van der Waals surface area contributed by atoms with Gasteiger partial charge in [0.15, 0.2) is 5.82 Å². The summed E-state index contributed by atoms with van der Waals surface area (Å²) in [6.07, 6.45) is 1.91. The van der Waals surface area contributed by atoms with Gasteiger partial charge in [-0.25, -0.2) is 0 Å². The molecule has 0 spiro atoms. The fourth-order valence-electron chi connectivity index (χ4n) is 1.90. The Morgan fingerprint density at radius 1 is 1.21 bits per heavy atom. The number of anilines is 1. The molecule has 0 bridgehead atoms. The van der Waals surface area contributed by atoms with Gasteiger partial charge in [-0.05, 0) is 31.2 Å². The van der Waals surface area contributed by atoms with Crippen LogP contribution in [0.15, 0.2) is 47.1 Å². The number of hydrogen-bond donors (Lipinski definition) is 2. The van der Waals surface area contributed by atoms with Gasteiger partial charge < -0.3 is 14.8 Å². The van der Waals surface area contributed by atoms with Crippen LogP contribution < -0.4 is 5.32 Å². The first-order valence-corrected chi connectivity index (χ1v) is 6.09. The molecule has 0 fully saturated rings. The van der Waals surface area contributed by atoms with Crippen molar-refractivity contribution in [3.63, 3.8) is 0 Å². The zero-order chi connectivity index (χ0) is 13.1. The molecule has 0 saturated heterocycles. The highest BCUT2D eigenvalue weighted by atomic mass is 16.5. The van der Waals surface area contributed by atoms with Crippen molar-refractivity contribution in [3.8, 4) is 11.5 Å². The second kappa shape index (κ2) is 4.97. The van der Waals surface area contributed by atoms with Crippen molar-refractivity contribution >= 4 is 5.69 Å². The number of nitrogens with one attached hydrogen (secondary N) is 2. The highest BCUT2D eigenvalue weighted by Gasteiger charge is 2.10. The van der Waals surface area contributed by atoms with E-state index in [1.165, 1.54) is 0 Å². The van der Waals surface area contributed by atoms with Crippen LogP contribution in [0.3, 0.4) is 0 Å². The molecule has 5 heteroatoms. The molecule has 2 aromatic heterocycles. The van der Waals surface area contributed by atoms with E-state index in [0.29, 0.717) is 11.7 Å². The van der Waals surface area contributed by atoms with Crippen LogP contribution in [-0.4, -0.2) is 15.1 Å². The maximum atomic E-state index is 5.22. The molecular weight excluding hydrogens is 240 g/mol. The van der Waals surface area contributed by atoms with Crippen molar-refractivity contribution in [2.75, 3.05) is 5.32 Å². The van der Waals surface area contributed by atoms with E-state index in [1.54, 1.807) is 0 Å². The Balaban J connectivity index is 1.85. The summed E-state index contributed by atoms with van der Waals surface area (Å²) in [7, 11) is 0. The van der Waals surface area contributed by atoms with E-state index < -0.39 is 0 Å². The van der Waals surface area contributed by atoms with Gasteiger partial charge >= 0.3 is 0 Å².